The van der Waals surface area contributed by atoms with Crippen molar-refractivity contribution >= 4 is 23.0 Å². The van der Waals surface area contributed by atoms with Gasteiger partial charge in [0, 0.05) is 23.1 Å². The van der Waals surface area contributed by atoms with Gasteiger partial charge in [-0.3, -0.25) is 0 Å². The maximum atomic E-state index is 13.0. The number of hydrogen-bond acceptors (Lipinski definition) is 4. The molecule has 0 bridgehead atoms. The van der Waals surface area contributed by atoms with E-state index in [4.69, 9.17) is 10.5 Å². The molecule has 0 aliphatic rings. The summed E-state index contributed by atoms with van der Waals surface area (Å²) in [6.45, 7) is 0.164. The molecule has 1 aromatic heterocycles. The van der Waals surface area contributed by atoms with Crippen molar-refractivity contribution in [1.82, 2.24) is 0 Å². The zero-order chi connectivity index (χ0) is 13.8. The first kappa shape index (κ1) is 13.5. The first-order chi connectivity index (χ1) is 9.08. The van der Waals surface area contributed by atoms with Crippen LogP contribution >= 0.6 is 11.3 Å². The van der Waals surface area contributed by atoms with Crippen LogP contribution in [0.2, 0.25) is 0 Å². The Labute approximate surface area is 112 Å². The second-order valence-electron chi connectivity index (χ2n) is 3.82. The summed E-state index contributed by atoms with van der Waals surface area (Å²) in [7, 11) is 0. The van der Waals surface area contributed by atoms with Gasteiger partial charge in [-0.15, -0.1) is 11.3 Å². The monoisotopic (exact) mass is 283 g/mol. The van der Waals surface area contributed by atoms with Gasteiger partial charge in [-0.1, -0.05) is 6.07 Å². The van der Waals surface area contributed by atoms with E-state index in [1.165, 1.54) is 0 Å². The van der Waals surface area contributed by atoms with Crippen molar-refractivity contribution < 1.29 is 18.3 Å². The van der Waals surface area contributed by atoms with Gasteiger partial charge in [-0.05, 0) is 17.5 Å². The number of carbonyl (C=O) groups is 1. The molecular weight excluding hydrogens is 272 g/mol. The van der Waals surface area contributed by atoms with Crippen LogP contribution < -0.4 is 5.73 Å². The maximum Gasteiger partial charge on any atom is 0.340 e. The fourth-order valence-corrected chi connectivity index (χ4v) is 2.21. The number of rotatable bonds is 4. The molecule has 2 rings (SSSR count). The molecule has 100 valence electrons. The minimum absolute atomic E-state index is 0.139. The molecule has 1 heterocycles. The minimum Gasteiger partial charge on any atom is -0.462 e. The molecule has 3 nitrogen and oxygen atoms in total. The number of carbonyl (C=O) groups excluding carboxylic acids is 1. The highest BCUT2D eigenvalue weighted by Gasteiger charge is 2.15. The number of anilines is 1. The summed E-state index contributed by atoms with van der Waals surface area (Å²) in [6.07, 6.45) is 0.576. The van der Waals surface area contributed by atoms with Gasteiger partial charge in [-0.2, -0.15) is 0 Å². The third kappa shape index (κ3) is 3.29. The molecule has 2 N–H and O–H groups in total. The Kier molecular flexibility index (Phi) is 4.11. The second-order valence-corrected chi connectivity index (χ2v) is 4.85. The summed E-state index contributed by atoms with van der Waals surface area (Å²) >= 11 is 1.55. The predicted octanol–water partition coefficient (Wildman–Crippen LogP) is 3.01. The molecule has 0 radical (unpaired) electrons. The van der Waals surface area contributed by atoms with Gasteiger partial charge in [0.15, 0.2) is 11.6 Å². The van der Waals surface area contributed by atoms with Crippen molar-refractivity contribution in [3.63, 3.8) is 0 Å². The van der Waals surface area contributed by atoms with Gasteiger partial charge < -0.3 is 10.5 Å². The molecular formula is C13H11F2NO2S. The molecule has 19 heavy (non-hydrogen) atoms. The van der Waals surface area contributed by atoms with E-state index in [9.17, 15) is 13.6 Å². The number of ether oxygens (including phenoxy) is 1. The molecule has 0 unspecified atom stereocenters. The molecule has 0 amide bonds. The van der Waals surface area contributed by atoms with Crippen molar-refractivity contribution in [2.45, 2.75) is 6.42 Å². The zero-order valence-corrected chi connectivity index (χ0v) is 10.7. The molecule has 2 aromatic rings. The van der Waals surface area contributed by atoms with Crippen molar-refractivity contribution in [2.24, 2.45) is 0 Å². The quantitative estimate of drug-likeness (QED) is 0.693. The van der Waals surface area contributed by atoms with Crippen LogP contribution in [0.3, 0.4) is 0 Å². The van der Waals surface area contributed by atoms with E-state index in [0.717, 1.165) is 17.0 Å². The lowest BCUT2D eigenvalue weighted by atomic mass is 10.1. The molecule has 0 aliphatic carbocycles. The predicted molar refractivity (Wildman–Crippen MR) is 69.1 cm³/mol. The zero-order valence-electron chi connectivity index (χ0n) is 9.86. The van der Waals surface area contributed by atoms with Gasteiger partial charge in [0.05, 0.1) is 12.2 Å². The van der Waals surface area contributed by atoms with Gasteiger partial charge in [0.2, 0.25) is 0 Å². The fraction of sp³-hybridized carbons (Fsp3) is 0.154. The smallest absolute Gasteiger partial charge is 0.340 e. The topological polar surface area (TPSA) is 52.3 Å². The maximum absolute atomic E-state index is 13.0. The molecule has 0 atom stereocenters. The molecule has 0 saturated carbocycles. The van der Waals surface area contributed by atoms with Crippen LogP contribution in [0.15, 0.2) is 29.6 Å². The lowest BCUT2D eigenvalue weighted by molar-refractivity contribution is 0.0510. The van der Waals surface area contributed by atoms with Crippen LogP contribution in [0, 0.1) is 11.6 Å². The molecule has 0 saturated heterocycles. The highest BCUT2D eigenvalue weighted by atomic mass is 32.1. The largest absolute Gasteiger partial charge is 0.462 e. The van der Waals surface area contributed by atoms with Gasteiger partial charge in [0.1, 0.15) is 0 Å². The normalized spacial score (nSPS) is 10.4. The molecule has 0 fully saturated rings. The molecule has 0 spiro atoms. The van der Waals surface area contributed by atoms with Crippen LogP contribution in [0.25, 0.3) is 0 Å². The second kappa shape index (κ2) is 5.79. The summed E-state index contributed by atoms with van der Waals surface area (Å²) in [4.78, 5) is 12.7. The Bertz CT molecular complexity index is 585. The van der Waals surface area contributed by atoms with E-state index in [-0.39, 0.29) is 17.9 Å². The summed E-state index contributed by atoms with van der Waals surface area (Å²) < 4.78 is 30.9. The van der Waals surface area contributed by atoms with Gasteiger partial charge in [-0.25, -0.2) is 13.6 Å². The van der Waals surface area contributed by atoms with Crippen LogP contribution in [-0.2, 0) is 11.2 Å². The van der Waals surface area contributed by atoms with E-state index in [2.05, 4.69) is 0 Å². The number of nitrogens with two attached hydrogens (primary N) is 1. The summed E-state index contributed by atoms with van der Waals surface area (Å²) in [6, 6.07) is 5.34. The average Bonchev–Trinajstić information content (AvgIpc) is 2.86. The van der Waals surface area contributed by atoms with Crippen molar-refractivity contribution in [1.29, 1.82) is 0 Å². The minimum atomic E-state index is -1.13. The van der Waals surface area contributed by atoms with Crippen LogP contribution in [-0.4, -0.2) is 12.6 Å². The summed E-state index contributed by atoms with van der Waals surface area (Å²) in [5.74, 6) is -2.97. The number of halogens is 2. The summed E-state index contributed by atoms with van der Waals surface area (Å²) in [5.41, 5.74) is 5.15. The van der Waals surface area contributed by atoms with E-state index in [1.807, 2.05) is 17.5 Å². The van der Waals surface area contributed by atoms with Crippen LogP contribution in [0.1, 0.15) is 15.2 Å². The van der Waals surface area contributed by atoms with Gasteiger partial charge >= 0.3 is 5.97 Å². The summed E-state index contributed by atoms with van der Waals surface area (Å²) in [5, 5.41) is 1.92. The van der Waals surface area contributed by atoms with E-state index < -0.39 is 17.6 Å². The Morgan fingerprint density at radius 1 is 1.32 bits per heavy atom. The van der Waals surface area contributed by atoms with Gasteiger partial charge in [0.25, 0.3) is 0 Å². The first-order valence-corrected chi connectivity index (χ1v) is 6.40. The standard InChI is InChI=1S/C13H11F2NO2S/c14-10-6-9(12(16)7-11(10)15)13(17)18-4-3-8-2-1-5-19-8/h1-2,5-7H,3-4,16H2. The number of nitrogen functional groups attached to an aromatic ring is 1. The van der Waals surface area contributed by atoms with Crippen molar-refractivity contribution in [3.8, 4) is 0 Å². The molecule has 6 heteroatoms. The van der Waals surface area contributed by atoms with E-state index >= 15 is 0 Å². The highest BCUT2D eigenvalue weighted by Crippen LogP contribution is 2.18. The number of hydrogen-bond donors (Lipinski definition) is 1. The van der Waals surface area contributed by atoms with E-state index in [0.29, 0.717) is 6.42 Å². The SMILES string of the molecule is Nc1cc(F)c(F)cc1C(=O)OCCc1cccs1. The Morgan fingerprint density at radius 3 is 2.74 bits per heavy atom. The number of benzene rings is 1. The Hall–Kier alpha value is -1.95. The average molecular weight is 283 g/mol. The third-order valence-corrected chi connectivity index (χ3v) is 3.41. The molecule has 1 aromatic carbocycles. The van der Waals surface area contributed by atoms with Crippen LogP contribution in [0.5, 0.6) is 0 Å². The fourth-order valence-electron chi connectivity index (χ4n) is 1.52. The lowest BCUT2D eigenvalue weighted by Crippen LogP contribution is -2.11. The van der Waals surface area contributed by atoms with Crippen LogP contribution in [0.4, 0.5) is 14.5 Å². The number of thiophene rings is 1. The Morgan fingerprint density at radius 2 is 2.05 bits per heavy atom. The molecule has 0 aliphatic heterocycles. The van der Waals surface area contributed by atoms with Crippen molar-refractivity contribution in [2.75, 3.05) is 12.3 Å². The Balaban J connectivity index is 1.98. The lowest BCUT2D eigenvalue weighted by Gasteiger charge is -2.07. The van der Waals surface area contributed by atoms with Crippen molar-refractivity contribution in [3.05, 3.63) is 51.7 Å². The third-order valence-electron chi connectivity index (χ3n) is 2.47. The number of esters is 1. The van der Waals surface area contributed by atoms with E-state index in [1.54, 1.807) is 11.3 Å². The highest BCUT2D eigenvalue weighted by molar-refractivity contribution is 7.09. The first-order valence-electron chi connectivity index (χ1n) is 5.52.